The third kappa shape index (κ3) is 1.31. The van der Waals surface area contributed by atoms with Crippen molar-refractivity contribution in [3.63, 3.8) is 0 Å². The monoisotopic (exact) mass is 223 g/mol. The first-order valence-corrected chi connectivity index (χ1v) is 5.18. The Hall–Kier alpha value is -0.300. The SMILES string of the molecule is [CH2]CC1CCc2cc(Br)ccc21. The van der Waals surface area contributed by atoms with Gasteiger partial charge >= 0.3 is 0 Å². The quantitative estimate of drug-likeness (QED) is 0.682. The van der Waals surface area contributed by atoms with Gasteiger partial charge in [-0.15, -0.1) is 0 Å². The predicted octanol–water partition coefficient (Wildman–Crippen LogP) is 3.70. The fourth-order valence-corrected chi connectivity index (χ4v) is 2.38. The molecule has 0 nitrogen and oxygen atoms in total. The van der Waals surface area contributed by atoms with Gasteiger partial charge in [-0.3, -0.25) is 0 Å². The van der Waals surface area contributed by atoms with Crippen molar-refractivity contribution >= 4 is 15.9 Å². The third-order valence-corrected chi connectivity index (χ3v) is 3.15. The van der Waals surface area contributed by atoms with Gasteiger partial charge in [0.1, 0.15) is 0 Å². The molecule has 12 heavy (non-hydrogen) atoms. The van der Waals surface area contributed by atoms with Gasteiger partial charge in [0.2, 0.25) is 0 Å². The van der Waals surface area contributed by atoms with Gasteiger partial charge in [-0.1, -0.05) is 28.9 Å². The number of hydrogen-bond acceptors (Lipinski definition) is 0. The summed E-state index contributed by atoms with van der Waals surface area (Å²) in [4.78, 5) is 0. The lowest BCUT2D eigenvalue weighted by atomic mass is 9.99. The summed E-state index contributed by atoms with van der Waals surface area (Å²) in [5.41, 5.74) is 3.03. The van der Waals surface area contributed by atoms with Gasteiger partial charge in [0.15, 0.2) is 0 Å². The summed E-state index contributed by atoms with van der Waals surface area (Å²) in [7, 11) is 0. The lowest BCUT2D eigenvalue weighted by Gasteiger charge is -2.07. The lowest BCUT2D eigenvalue weighted by molar-refractivity contribution is 0.687. The largest absolute Gasteiger partial charge is 0.0574 e. The number of halogens is 1. The van der Waals surface area contributed by atoms with Crippen molar-refractivity contribution in [1.29, 1.82) is 0 Å². The molecule has 0 N–H and O–H groups in total. The van der Waals surface area contributed by atoms with E-state index in [1.807, 2.05) is 0 Å². The lowest BCUT2D eigenvalue weighted by Crippen LogP contribution is -1.89. The predicted molar refractivity (Wildman–Crippen MR) is 55.2 cm³/mol. The van der Waals surface area contributed by atoms with Crippen LogP contribution in [0, 0.1) is 6.92 Å². The number of aryl methyl sites for hydroxylation is 1. The maximum absolute atomic E-state index is 3.98. The molecule has 0 bridgehead atoms. The molecule has 0 aliphatic heterocycles. The van der Waals surface area contributed by atoms with Crippen LogP contribution >= 0.6 is 15.9 Å². The Labute approximate surface area is 82.1 Å². The fraction of sp³-hybridized carbons (Fsp3) is 0.364. The Bertz CT molecular complexity index is 291. The molecule has 2 rings (SSSR count). The first kappa shape index (κ1) is 8.31. The van der Waals surface area contributed by atoms with E-state index in [1.54, 1.807) is 0 Å². The summed E-state index contributed by atoms with van der Waals surface area (Å²) >= 11 is 3.49. The summed E-state index contributed by atoms with van der Waals surface area (Å²) in [6.45, 7) is 3.98. The zero-order chi connectivity index (χ0) is 8.55. The number of hydrogen-bond donors (Lipinski definition) is 0. The van der Waals surface area contributed by atoms with Crippen LogP contribution in [0.25, 0.3) is 0 Å². The first-order chi connectivity index (χ1) is 5.81. The smallest absolute Gasteiger partial charge is 0.0178 e. The van der Waals surface area contributed by atoms with Crippen LogP contribution in [0.5, 0.6) is 0 Å². The second kappa shape index (κ2) is 3.21. The van der Waals surface area contributed by atoms with Crippen LogP contribution in [0.2, 0.25) is 0 Å². The van der Waals surface area contributed by atoms with Crippen molar-refractivity contribution in [1.82, 2.24) is 0 Å². The Morgan fingerprint density at radius 2 is 2.33 bits per heavy atom. The molecule has 1 radical (unpaired) electrons. The Balaban J connectivity index is 2.40. The number of rotatable bonds is 1. The molecule has 0 spiro atoms. The van der Waals surface area contributed by atoms with Crippen molar-refractivity contribution in [2.45, 2.75) is 25.2 Å². The van der Waals surface area contributed by atoms with Gasteiger partial charge in [0, 0.05) is 4.47 Å². The van der Waals surface area contributed by atoms with Crippen LogP contribution in [0.1, 0.15) is 29.9 Å². The molecule has 1 aliphatic carbocycles. The van der Waals surface area contributed by atoms with E-state index in [1.165, 1.54) is 28.4 Å². The van der Waals surface area contributed by atoms with Crippen LogP contribution in [0.15, 0.2) is 22.7 Å². The highest BCUT2D eigenvalue weighted by molar-refractivity contribution is 9.10. The van der Waals surface area contributed by atoms with Crippen LogP contribution in [0.4, 0.5) is 0 Å². The molecule has 1 aliphatic rings. The Morgan fingerprint density at radius 3 is 3.08 bits per heavy atom. The molecular formula is C11H12Br. The van der Waals surface area contributed by atoms with E-state index in [0.717, 1.165) is 6.42 Å². The average molecular weight is 224 g/mol. The fourth-order valence-electron chi connectivity index (χ4n) is 1.97. The molecule has 0 saturated heterocycles. The highest BCUT2D eigenvalue weighted by Crippen LogP contribution is 2.36. The minimum Gasteiger partial charge on any atom is -0.0574 e. The maximum Gasteiger partial charge on any atom is 0.0178 e. The van der Waals surface area contributed by atoms with Gasteiger partial charge in [-0.05, 0) is 48.4 Å². The average Bonchev–Trinajstić information content (AvgIpc) is 2.46. The summed E-state index contributed by atoms with van der Waals surface area (Å²) in [6, 6.07) is 6.61. The van der Waals surface area contributed by atoms with Crippen LogP contribution < -0.4 is 0 Å². The molecule has 0 saturated carbocycles. The number of benzene rings is 1. The topological polar surface area (TPSA) is 0 Å². The van der Waals surface area contributed by atoms with E-state index in [2.05, 4.69) is 41.1 Å². The highest BCUT2D eigenvalue weighted by Gasteiger charge is 2.20. The molecule has 1 aromatic carbocycles. The second-order valence-electron chi connectivity index (χ2n) is 3.37. The van der Waals surface area contributed by atoms with E-state index < -0.39 is 0 Å². The minimum absolute atomic E-state index is 0.716. The Morgan fingerprint density at radius 1 is 1.50 bits per heavy atom. The van der Waals surface area contributed by atoms with Crippen LogP contribution in [0.3, 0.4) is 0 Å². The van der Waals surface area contributed by atoms with Crippen LogP contribution in [-0.2, 0) is 6.42 Å². The molecule has 0 amide bonds. The van der Waals surface area contributed by atoms with Crippen molar-refractivity contribution in [3.8, 4) is 0 Å². The van der Waals surface area contributed by atoms with Crippen molar-refractivity contribution in [3.05, 3.63) is 40.7 Å². The van der Waals surface area contributed by atoms with E-state index in [9.17, 15) is 0 Å². The van der Waals surface area contributed by atoms with Crippen molar-refractivity contribution in [2.24, 2.45) is 0 Å². The minimum atomic E-state index is 0.716. The molecule has 1 unspecified atom stereocenters. The molecule has 63 valence electrons. The second-order valence-corrected chi connectivity index (χ2v) is 4.28. The molecule has 0 heterocycles. The number of fused-ring (bicyclic) bond motifs is 1. The van der Waals surface area contributed by atoms with E-state index in [4.69, 9.17) is 0 Å². The van der Waals surface area contributed by atoms with Crippen LogP contribution in [-0.4, -0.2) is 0 Å². The molecule has 0 fully saturated rings. The summed E-state index contributed by atoms with van der Waals surface area (Å²) < 4.78 is 1.20. The van der Waals surface area contributed by atoms with Crippen molar-refractivity contribution in [2.75, 3.05) is 0 Å². The molecule has 1 atom stereocenters. The summed E-state index contributed by atoms with van der Waals surface area (Å²) in [5, 5.41) is 0. The molecular weight excluding hydrogens is 212 g/mol. The summed E-state index contributed by atoms with van der Waals surface area (Å²) in [6.07, 6.45) is 3.55. The molecule has 1 aromatic rings. The molecule has 0 aromatic heterocycles. The standard InChI is InChI=1S/C11H12Br/c1-2-8-3-4-9-7-10(12)5-6-11(8)9/h5-8H,1-4H2. The van der Waals surface area contributed by atoms with Gasteiger partial charge in [0.05, 0.1) is 0 Å². The van der Waals surface area contributed by atoms with Gasteiger partial charge < -0.3 is 0 Å². The third-order valence-electron chi connectivity index (χ3n) is 2.66. The summed E-state index contributed by atoms with van der Waals surface area (Å²) in [5.74, 6) is 0.716. The van der Waals surface area contributed by atoms with Crippen molar-refractivity contribution < 1.29 is 0 Å². The maximum atomic E-state index is 3.98. The normalized spacial score (nSPS) is 21.0. The van der Waals surface area contributed by atoms with Gasteiger partial charge in [0.25, 0.3) is 0 Å². The molecule has 1 heteroatoms. The Kier molecular flexibility index (Phi) is 2.22. The highest BCUT2D eigenvalue weighted by atomic mass is 79.9. The van der Waals surface area contributed by atoms with Gasteiger partial charge in [-0.2, -0.15) is 0 Å². The van der Waals surface area contributed by atoms with E-state index in [0.29, 0.717) is 5.92 Å². The van der Waals surface area contributed by atoms with Gasteiger partial charge in [-0.25, -0.2) is 0 Å². The van der Waals surface area contributed by atoms with E-state index >= 15 is 0 Å². The van der Waals surface area contributed by atoms with E-state index in [-0.39, 0.29) is 0 Å². The zero-order valence-electron chi connectivity index (χ0n) is 7.02. The zero-order valence-corrected chi connectivity index (χ0v) is 8.60. The first-order valence-electron chi connectivity index (χ1n) is 4.39.